The van der Waals surface area contributed by atoms with Gasteiger partial charge in [0.2, 0.25) is 5.91 Å². The minimum absolute atomic E-state index is 0.283. The maximum Gasteiger partial charge on any atom is 0.298 e. The number of piperazine rings is 1. The lowest BCUT2D eigenvalue weighted by atomic mass is 10.2. The average Bonchev–Trinajstić information content (AvgIpc) is 2.41. The smallest absolute Gasteiger partial charge is 0.298 e. The van der Waals surface area contributed by atoms with E-state index in [2.05, 4.69) is 5.32 Å². The van der Waals surface area contributed by atoms with Crippen LogP contribution in [0, 0.1) is 0 Å². The van der Waals surface area contributed by atoms with Gasteiger partial charge in [0.1, 0.15) is 6.61 Å². The van der Waals surface area contributed by atoms with E-state index in [0.29, 0.717) is 26.2 Å². The molecule has 1 aliphatic heterocycles. The monoisotopic (exact) mass is 257 g/mol. The first-order valence-electron chi connectivity index (χ1n) is 5.63. The van der Waals surface area contributed by atoms with E-state index in [-0.39, 0.29) is 12.5 Å². The van der Waals surface area contributed by atoms with Crippen LogP contribution in [-0.2, 0) is 23.9 Å². The van der Waals surface area contributed by atoms with Gasteiger partial charge in [-0.3, -0.25) is 14.4 Å². The number of amides is 1. The van der Waals surface area contributed by atoms with Crippen LogP contribution in [0.3, 0.4) is 0 Å². The van der Waals surface area contributed by atoms with Crippen molar-refractivity contribution in [3.8, 4) is 0 Å². The molecule has 0 aliphatic carbocycles. The number of carbonyl (C=O) groups is 2. The third-order valence-corrected chi connectivity index (χ3v) is 2.75. The van der Waals surface area contributed by atoms with Crippen molar-refractivity contribution in [2.24, 2.45) is 0 Å². The molecule has 1 rings (SSSR count). The second-order valence-electron chi connectivity index (χ2n) is 3.90. The fourth-order valence-corrected chi connectivity index (χ4v) is 1.62. The summed E-state index contributed by atoms with van der Waals surface area (Å²) in [6.45, 7) is 3.34. The van der Waals surface area contributed by atoms with Gasteiger partial charge in [-0.1, -0.05) is 0 Å². The molecule has 7 heteroatoms. The summed E-state index contributed by atoms with van der Waals surface area (Å²) in [5, 5.41) is 3.11. The van der Waals surface area contributed by atoms with Crippen LogP contribution >= 0.6 is 0 Å². The molecule has 7 nitrogen and oxygen atoms in total. The Morgan fingerprint density at radius 3 is 2.44 bits per heavy atom. The zero-order valence-corrected chi connectivity index (χ0v) is 10.5. The van der Waals surface area contributed by atoms with Crippen molar-refractivity contribution < 1.29 is 23.9 Å². The van der Waals surface area contributed by atoms with Crippen molar-refractivity contribution in [1.29, 1.82) is 0 Å². The van der Waals surface area contributed by atoms with Crippen LogP contribution in [-0.4, -0.2) is 68.6 Å². The fourth-order valence-electron chi connectivity index (χ4n) is 1.62. The Bertz CT molecular complexity index is 327. The third kappa shape index (κ3) is 3.34. The SMILES string of the molecule is COC([C]=O)(OCC(=O)N1CCNCC1)C(C)=O. The molecule has 18 heavy (non-hydrogen) atoms. The molecule has 0 saturated carbocycles. The number of methoxy groups -OCH3 is 1. The first-order valence-corrected chi connectivity index (χ1v) is 5.63. The number of nitrogens with zero attached hydrogens (tertiary/aromatic N) is 1. The van der Waals surface area contributed by atoms with E-state index in [1.807, 2.05) is 0 Å². The lowest BCUT2D eigenvalue weighted by Crippen LogP contribution is -2.50. The van der Waals surface area contributed by atoms with Crippen LogP contribution in [0.2, 0.25) is 0 Å². The van der Waals surface area contributed by atoms with Gasteiger partial charge in [-0.2, -0.15) is 0 Å². The van der Waals surface area contributed by atoms with Gasteiger partial charge in [0.25, 0.3) is 12.1 Å². The minimum Gasteiger partial charge on any atom is -0.341 e. The number of Topliss-reactive ketones (excluding diaryl/α,β-unsaturated/α-hetero) is 1. The Hall–Kier alpha value is -1.31. The largest absolute Gasteiger partial charge is 0.341 e. The summed E-state index contributed by atoms with van der Waals surface area (Å²) < 4.78 is 9.71. The molecule has 1 aliphatic rings. The molecule has 0 bridgehead atoms. The standard InChI is InChI=1S/C11H17N2O5/c1-9(15)11(8-14,17-2)18-7-10(16)13-5-3-12-4-6-13/h12H,3-7H2,1-2H3. The molecule has 1 radical (unpaired) electrons. The summed E-state index contributed by atoms with van der Waals surface area (Å²) in [6, 6.07) is 0. The van der Waals surface area contributed by atoms with E-state index in [1.54, 1.807) is 4.90 Å². The van der Waals surface area contributed by atoms with Crippen LogP contribution in [0.25, 0.3) is 0 Å². The highest BCUT2D eigenvalue weighted by molar-refractivity contribution is 5.98. The number of nitrogens with one attached hydrogen (secondary N) is 1. The Labute approximate surface area is 105 Å². The second kappa shape index (κ2) is 6.58. The first-order chi connectivity index (χ1) is 8.55. The summed E-state index contributed by atoms with van der Waals surface area (Å²) in [5.41, 5.74) is 0. The van der Waals surface area contributed by atoms with Crippen molar-refractivity contribution >= 4 is 18.0 Å². The quantitative estimate of drug-likeness (QED) is 0.459. The zero-order chi connectivity index (χ0) is 13.6. The molecule has 1 heterocycles. The van der Waals surface area contributed by atoms with E-state index in [9.17, 15) is 14.4 Å². The zero-order valence-electron chi connectivity index (χ0n) is 10.5. The minimum atomic E-state index is -2.09. The van der Waals surface area contributed by atoms with Crippen LogP contribution in [0.4, 0.5) is 0 Å². The van der Waals surface area contributed by atoms with Gasteiger partial charge in [0, 0.05) is 40.2 Å². The van der Waals surface area contributed by atoms with Crippen molar-refractivity contribution in [1.82, 2.24) is 10.2 Å². The molecule has 0 aromatic rings. The van der Waals surface area contributed by atoms with Gasteiger partial charge in [0.05, 0.1) is 0 Å². The van der Waals surface area contributed by atoms with Crippen LogP contribution in [0.1, 0.15) is 6.92 Å². The molecular weight excluding hydrogens is 240 g/mol. The van der Waals surface area contributed by atoms with Crippen LogP contribution < -0.4 is 5.32 Å². The molecule has 1 saturated heterocycles. The van der Waals surface area contributed by atoms with Crippen molar-refractivity contribution in [2.75, 3.05) is 39.9 Å². The number of rotatable bonds is 6. The average molecular weight is 257 g/mol. The molecule has 1 amide bonds. The summed E-state index contributed by atoms with van der Waals surface area (Å²) >= 11 is 0. The topological polar surface area (TPSA) is 84.9 Å². The number of ether oxygens (including phenoxy) is 2. The third-order valence-electron chi connectivity index (χ3n) is 2.75. The molecule has 0 aromatic carbocycles. The van der Waals surface area contributed by atoms with Gasteiger partial charge < -0.3 is 19.7 Å². The van der Waals surface area contributed by atoms with E-state index >= 15 is 0 Å². The molecule has 0 spiro atoms. The molecule has 0 aromatic heterocycles. The molecule has 1 unspecified atom stereocenters. The Balaban J connectivity index is 2.54. The first kappa shape index (κ1) is 14.7. The van der Waals surface area contributed by atoms with E-state index in [1.165, 1.54) is 6.29 Å². The molecule has 1 N–H and O–H groups in total. The Morgan fingerprint density at radius 2 is 2.00 bits per heavy atom. The van der Waals surface area contributed by atoms with Crippen molar-refractivity contribution in [2.45, 2.75) is 12.7 Å². The van der Waals surface area contributed by atoms with E-state index < -0.39 is 11.6 Å². The Kier molecular flexibility index (Phi) is 5.39. The Morgan fingerprint density at radius 1 is 1.39 bits per heavy atom. The summed E-state index contributed by atoms with van der Waals surface area (Å²) in [7, 11) is 1.15. The van der Waals surface area contributed by atoms with E-state index in [4.69, 9.17) is 9.47 Å². The summed E-state index contributed by atoms with van der Waals surface area (Å²) in [5.74, 6) is -3.02. The van der Waals surface area contributed by atoms with Gasteiger partial charge in [-0.05, 0) is 0 Å². The molecule has 101 valence electrons. The highest BCUT2D eigenvalue weighted by Gasteiger charge is 2.39. The number of ketones is 1. The van der Waals surface area contributed by atoms with Gasteiger partial charge >= 0.3 is 0 Å². The van der Waals surface area contributed by atoms with Gasteiger partial charge in [-0.25, -0.2) is 0 Å². The van der Waals surface area contributed by atoms with Crippen molar-refractivity contribution in [3.05, 3.63) is 0 Å². The second-order valence-corrected chi connectivity index (χ2v) is 3.90. The highest BCUT2D eigenvalue weighted by atomic mass is 16.7. The number of hydrogen-bond acceptors (Lipinski definition) is 6. The maximum atomic E-state index is 11.8. The molecule has 1 fully saturated rings. The lowest BCUT2D eigenvalue weighted by Gasteiger charge is -2.29. The van der Waals surface area contributed by atoms with Crippen molar-refractivity contribution in [3.63, 3.8) is 0 Å². The lowest BCUT2D eigenvalue weighted by molar-refractivity contribution is -0.188. The van der Waals surface area contributed by atoms with Crippen LogP contribution in [0.15, 0.2) is 0 Å². The molecular formula is C11H17N2O5. The van der Waals surface area contributed by atoms with Gasteiger partial charge in [0.15, 0.2) is 5.78 Å². The normalized spacial score (nSPS) is 19.1. The molecule has 1 atom stereocenters. The number of carbonyl (C=O) groups excluding carboxylic acids is 3. The summed E-state index contributed by atoms with van der Waals surface area (Å²) in [6.07, 6.45) is 1.40. The predicted octanol–water partition coefficient (Wildman–Crippen LogP) is -1.52. The maximum absolute atomic E-state index is 11.8. The summed E-state index contributed by atoms with van der Waals surface area (Å²) in [4.78, 5) is 35.4. The highest BCUT2D eigenvalue weighted by Crippen LogP contribution is 2.11. The fraction of sp³-hybridized carbons (Fsp3) is 0.727. The van der Waals surface area contributed by atoms with E-state index in [0.717, 1.165) is 14.0 Å². The van der Waals surface area contributed by atoms with Gasteiger partial charge in [-0.15, -0.1) is 0 Å². The van der Waals surface area contributed by atoms with Crippen LogP contribution in [0.5, 0.6) is 0 Å². The number of hydrogen-bond donors (Lipinski definition) is 1. The predicted molar refractivity (Wildman–Crippen MR) is 61.5 cm³/mol.